The van der Waals surface area contributed by atoms with Crippen LogP contribution in [-0.4, -0.2) is 35.6 Å². The standard InChI is InChI=1S/C14H28N2/c1-4-13(3)16-10-12(2)15-11-14(16)8-6-5-7-9-14/h12-13,15H,4-11H2,1-3H3. The van der Waals surface area contributed by atoms with Crippen LogP contribution in [0.4, 0.5) is 0 Å². The lowest BCUT2D eigenvalue weighted by atomic mass is 9.77. The van der Waals surface area contributed by atoms with Crippen LogP contribution in [-0.2, 0) is 0 Å². The molecule has 0 aromatic heterocycles. The number of nitrogens with zero attached hydrogens (tertiary/aromatic N) is 1. The van der Waals surface area contributed by atoms with Gasteiger partial charge in [0.25, 0.3) is 0 Å². The first-order valence-electron chi connectivity index (χ1n) is 7.18. The SMILES string of the molecule is CCC(C)N1CC(C)NCC12CCCCC2. The Morgan fingerprint density at radius 2 is 2.00 bits per heavy atom. The molecule has 0 radical (unpaired) electrons. The third-order valence-corrected chi connectivity index (χ3v) is 4.77. The molecule has 0 aromatic rings. The molecule has 2 heteroatoms. The zero-order valence-corrected chi connectivity index (χ0v) is 11.3. The second kappa shape index (κ2) is 5.05. The first-order chi connectivity index (χ1) is 7.68. The van der Waals surface area contributed by atoms with Crippen LogP contribution in [0.1, 0.15) is 59.3 Å². The Hall–Kier alpha value is -0.0800. The second-order valence-electron chi connectivity index (χ2n) is 5.98. The lowest BCUT2D eigenvalue weighted by Crippen LogP contribution is -2.66. The topological polar surface area (TPSA) is 15.3 Å². The summed E-state index contributed by atoms with van der Waals surface area (Å²) in [7, 11) is 0. The van der Waals surface area contributed by atoms with Crippen molar-refractivity contribution >= 4 is 0 Å². The minimum absolute atomic E-state index is 0.500. The van der Waals surface area contributed by atoms with Gasteiger partial charge < -0.3 is 5.32 Å². The summed E-state index contributed by atoms with van der Waals surface area (Å²) in [5.41, 5.74) is 0.500. The molecule has 2 nitrogen and oxygen atoms in total. The Balaban J connectivity index is 2.13. The number of piperazine rings is 1. The highest BCUT2D eigenvalue weighted by Crippen LogP contribution is 2.36. The molecule has 1 saturated carbocycles. The largest absolute Gasteiger partial charge is 0.311 e. The minimum atomic E-state index is 0.500. The van der Waals surface area contributed by atoms with E-state index in [1.54, 1.807) is 0 Å². The van der Waals surface area contributed by atoms with E-state index in [4.69, 9.17) is 0 Å². The fourth-order valence-electron chi connectivity index (χ4n) is 3.56. The van der Waals surface area contributed by atoms with Crippen molar-refractivity contribution in [1.29, 1.82) is 0 Å². The Bertz CT molecular complexity index is 221. The highest BCUT2D eigenvalue weighted by atomic mass is 15.3. The first-order valence-corrected chi connectivity index (χ1v) is 7.18. The molecule has 1 saturated heterocycles. The number of hydrogen-bond acceptors (Lipinski definition) is 2. The smallest absolute Gasteiger partial charge is 0.0337 e. The van der Waals surface area contributed by atoms with Gasteiger partial charge in [0, 0.05) is 30.7 Å². The molecule has 0 aromatic carbocycles. The van der Waals surface area contributed by atoms with E-state index in [0.29, 0.717) is 11.6 Å². The molecule has 94 valence electrons. The van der Waals surface area contributed by atoms with Gasteiger partial charge in [0.05, 0.1) is 0 Å². The van der Waals surface area contributed by atoms with Gasteiger partial charge in [0.2, 0.25) is 0 Å². The summed E-state index contributed by atoms with van der Waals surface area (Å²) in [4.78, 5) is 2.83. The molecule has 16 heavy (non-hydrogen) atoms. The van der Waals surface area contributed by atoms with Crippen LogP contribution in [0.25, 0.3) is 0 Å². The third kappa shape index (κ3) is 2.28. The molecule has 2 aliphatic rings. The second-order valence-corrected chi connectivity index (χ2v) is 5.98. The minimum Gasteiger partial charge on any atom is -0.311 e. The van der Waals surface area contributed by atoms with Gasteiger partial charge in [-0.05, 0) is 33.1 Å². The molecule has 2 atom stereocenters. The van der Waals surface area contributed by atoms with Gasteiger partial charge >= 0.3 is 0 Å². The summed E-state index contributed by atoms with van der Waals surface area (Å²) < 4.78 is 0. The van der Waals surface area contributed by atoms with Crippen molar-refractivity contribution in [3.05, 3.63) is 0 Å². The molecule has 0 bridgehead atoms. The lowest BCUT2D eigenvalue weighted by Gasteiger charge is -2.54. The highest BCUT2D eigenvalue weighted by Gasteiger charge is 2.42. The average molecular weight is 224 g/mol. The average Bonchev–Trinajstić information content (AvgIpc) is 2.33. The molecule has 2 unspecified atom stereocenters. The molecule has 1 aliphatic heterocycles. The molecule has 1 aliphatic carbocycles. The fraction of sp³-hybridized carbons (Fsp3) is 1.00. The normalized spacial score (nSPS) is 32.8. The summed E-state index contributed by atoms with van der Waals surface area (Å²) >= 11 is 0. The number of nitrogens with one attached hydrogen (secondary N) is 1. The van der Waals surface area contributed by atoms with Gasteiger partial charge in [0.15, 0.2) is 0 Å². The maximum absolute atomic E-state index is 3.71. The van der Waals surface area contributed by atoms with Gasteiger partial charge in [-0.2, -0.15) is 0 Å². The van der Waals surface area contributed by atoms with Gasteiger partial charge in [-0.3, -0.25) is 4.90 Å². The van der Waals surface area contributed by atoms with Crippen molar-refractivity contribution < 1.29 is 0 Å². The van der Waals surface area contributed by atoms with E-state index >= 15 is 0 Å². The van der Waals surface area contributed by atoms with Crippen molar-refractivity contribution in [1.82, 2.24) is 10.2 Å². The lowest BCUT2D eigenvalue weighted by molar-refractivity contribution is -0.0163. The summed E-state index contributed by atoms with van der Waals surface area (Å²) in [6, 6.07) is 1.42. The van der Waals surface area contributed by atoms with Crippen molar-refractivity contribution in [2.24, 2.45) is 0 Å². The molecule has 1 N–H and O–H groups in total. The molecule has 1 spiro atoms. The van der Waals surface area contributed by atoms with Gasteiger partial charge in [-0.1, -0.05) is 26.2 Å². The predicted molar refractivity (Wildman–Crippen MR) is 69.7 cm³/mol. The van der Waals surface area contributed by atoms with Gasteiger partial charge in [-0.15, -0.1) is 0 Å². The van der Waals surface area contributed by atoms with Crippen molar-refractivity contribution in [2.45, 2.75) is 76.9 Å². The molecule has 1 heterocycles. The van der Waals surface area contributed by atoms with Crippen LogP contribution in [0.3, 0.4) is 0 Å². The third-order valence-electron chi connectivity index (χ3n) is 4.77. The van der Waals surface area contributed by atoms with E-state index in [0.717, 1.165) is 6.04 Å². The Morgan fingerprint density at radius 3 is 2.62 bits per heavy atom. The van der Waals surface area contributed by atoms with E-state index in [-0.39, 0.29) is 0 Å². The quantitative estimate of drug-likeness (QED) is 0.776. The van der Waals surface area contributed by atoms with Gasteiger partial charge in [-0.25, -0.2) is 0 Å². The Kier molecular flexibility index (Phi) is 3.91. The van der Waals surface area contributed by atoms with E-state index < -0.39 is 0 Å². The predicted octanol–water partition coefficient (Wildman–Crippen LogP) is 2.78. The van der Waals surface area contributed by atoms with Crippen molar-refractivity contribution in [3.63, 3.8) is 0 Å². The van der Waals surface area contributed by atoms with Gasteiger partial charge in [0.1, 0.15) is 0 Å². The van der Waals surface area contributed by atoms with Crippen LogP contribution in [0.15, 0.2) is 0 Å². The first kappa shape index (κ1) is 12.4. The maximum atomic E-state index is 3.71. The molecular weight excluding hydrogens is 196 g/mol. The molecule has 2 fully saturated rings. The van der Waals surface area contributed by atoms with Crippen LogP contribution in [0, 0.1) is 0 Å². The Morgan fingerprint density at radius 1 is 1.31 bits per heavy atom. The van der Waals surface area contributed by atoms with Crippen molar-refractivity contribution in [3.8, 4) is 0 Å². The maximum Gasteiger partial charge on any atom is 0.0337 e. The Labute approximate surface area is 101 Å². The summed E-state index contributed by atoms with van der Waals surface area (Å²) in [6.07, 6.45) is 8.43. The number of rotatable bonds is 2. The van der Waals surface area contributed by atoms with E-state index in [9.17, 15) is 0 Å². The van der Waals surface area contributed by atoms with E-state index in [1.165, 1.54) is 51.6 Å². The van der Waals surface area contributed by atoms with Crippen LogP contribution < -0.4 is 5.32 Å². The summed E-state index contributed by atoms with van der Waals surface area (Å²) in [6.45, 7) is 9.53. The zero-order valence-electron chi connectivity index (χ0n) is 11.3. The fourth-order valence-corrected chi connectivity index (χ4v) is 3.56. The van der Waals surface area contributed by atoms with Crippen LogP contribution >= 0.6 is 0 Å². The van der Waals surface area contributed by atoms with Crippen LogP contribution in [0.5, 0.6) is 0 Å². The molecular formula is C14H28N2. The van der Waals surface area contributed by atoms with Crippen molar-refractivity contribution in [2.75, 3.05) is 13.1 Å². The van der Waals surface area contributed by atoms with E-state index in [1.807, 2.05) is 0 Å². The summed E-state index contributed by atoms with van der Waals surface area (Å²) in [5, 5.41) is 3.71. The van der Waals surface area contributed by atoms with E-state index in [2.05, 4.69) is 31.0 Å². The molecule has 2 rings (SSSR count). The molecule has 0 amide bonds. The van der Waals surface area contributed by atoms with Crippen LogP contribution in [0.2, 0.25) is 0 Å². The monoisotopic (exact) mass is 224 g/mol. The zero-order chi connectivity index (χ0) is 11.6. The highest BCUT2D eigenvalue weighted by molar-refractivity contribution is 5.01. The summed E-state index contributed by atoms with van der Waals surface area (Å²) in [5.74, 6) is 0. The number of hydrogen-bond donors (Lipinski definition) is 1.